The maximum atomic E-state index is 11.2. The molecule has 0 amide bonds. The van der Waals surface area contributed by atoms with Crippen molar-refractivity contribution in [1.29, 1.82) is 0 Å². The zero-order chi connectivity index (χ0) is 9.14. The number of anilines is 1. The van der Waals surface area contributed by atoms with Crippen molar-refractivity contribution in [2.75, 3.05) is 11.6 Å². The van der Waals surface area contributed by atoms with Crippen LogP contribution in [0.2, 0.25) is 0 Å². The van der Waals surface area contributed by atoms with Crippen LogP contribution in [-0.4, -0.2) is 11.7 Å². The molecule has 0 heterocycles. The summed E-state index contributed by atoms with van der Waals surface area (Å²) in [5.74, 6) is -0.0777. The SMILES string of the molecule is Cc1ccc(N)cc1C(=O)CCl. The van der Waals surface area contributed by atoms with E-state index in [0.717, 1.165) is 5.56 Å². The van der Waals surface area contributed by atoms with Gasteiger partial charge in [-0.3, -0.25) is 4.79 Å². The second-order valence-corrected chi connectivity index (χ2v) is 2.90. The van der Waals surface area contributed by atoms with Gasteiger partial charge in [-0.2, -0.15) is 0 Å². The number of alkyl halides is 1. The molecule has 1 aromatic carbocycles. The van der Waals surface area contributed by atoms with Crippen LogP contribution in [0.5, 0.6) is 0 Å². The number of carbonyl (C=O) groups excluding carboxylic acids is 1. The second-order valence-electron chi connectivity index (χ2n) is 2.63. The maximum Gasteiger partial charge on any atom is 0.177 e. The fourth-order valence-electron chi connectivity index (χ4n) is 1.01. The number of Topliss-reactive ketones (excluding diaryl/α,β-unsaturated/α-hetero) is 1. The topological polar surface area (TPSA) is 43.1 Å². The van der Waals surface area contributed by atoms with Crippen molar-refractivity contribution >= 4 is 23.1 Å². The molecule has 64 valence electrons. The van der Waals surface area contributed by atoms with Crippen molar-refractivity contribution in [1.82, 2.24) is 0 Å². The van der Waals surface area contributed by atoms with Gasteiger partial charge in [-0.05, 0) is 24.6 Å². The second kappa shape index (κ2) is 3.59. The van der Waals surface area contributed by atoms with Crippen molar-refractivity contribution in [3.8, 4) is 0 Å². The monoisotopic (exact) mass is 183 g/mol. The normalized spacial score (nSPS) is 9.83. The Kier molecular flexibility index (Phi) is 2.71. The molecule has 0 atom stereocenters. The fraction of sp³-hybridized carbons (Fsp3) is 0.222. The predicted octanol–water partition coefficient (Wildman–Crippen LogP) is 2.00. The molecule has 0 saturated heterocycles. The summed E-state index contributed by atoms with van der Waals surface area (Å²) in [6, 6.07) is 5.23. The Labute approximate surface area is 76.3 Å². The third kappa shape index (κ3) is 1.77. The number of halogens is 1. The van der Waals surface area contributed by atoms with Crippen LogP contribution in [0.1, 0.15) is 15.9 Å². The average Bonchev–Trinajstić information content (AvgIpc) is 2.08. The van der Waals surface area contributed by atoms with Crippen molar-refractivity contribution in [2.24, 2.45) is 0 Å². The Morgan fingerprint density at radius 3 is 2.83 bits per heavy atom. The zero-order valence-electron chi connectivity index (χ0n) is 6.80. The standard InChI is InChI=1S/C9H10ClNO/c1-6-2-3-7(11)4-8(6)9(12)5-10/h2-4H,5,11H2,1H3. The third-order valence-electron chi connectivity index (χ3n) is 1.68. The summed E-state index contributed by atoms with van der Waals surface area (Å²) in [4.78, 5) is 11.2. The molecule has 2 nitrogen and oxygen atoms in total. The number of aryl methyl sites for hydroxylation is 1. The van der Waals surface area contributed by atoms with Crippen LogP contribution >= 0.6 is 11.6 Å². The summed E-state index contributed by atoms with van der Waals surface area (Å²) in [6.45, 7) is 1.86. The molecule has 0 spiro atoms. The number of nitrogen functional groups attached to an aromatic ring is 1. The van der Waals surface area contributed by atoms with E-state index in [0.29, 0.717) is 11.3 Å². The minimum absolute atomic E-state index is 0.00426. The molecule has 0 aliphatic rings. The summed E-state index contributed by atoms with van der Waals surface area (Å²) in [5, 5.41) is 0. The predicted molar refractivity (Wildman–Crippen MR) is 50.6 cm³/mol. The highest BCUT2D eigenvalue weighted by molar-refractivity contribution is 6.30. The van der Waals surface area contributed by atoms with Gasteiger partial charge in [0.1, 0.15) is 0 Å². The van der Waals surface area contributed by atoms with Crippen LogP contribution < -0.4 is 5.73 Å². The molecule has 2 N–H and O–H groups in total. The molecule has 12 heavy (non-hydrogen) atoms. The Balaban J connectivity index is 3.13. The number of hydrogen-bond acceptors (Lipinski definition) is 2. The number of carbonyl (C=O) groups is 1. The highest BCUT2D eigenvalue weighted by Crippen LogP contribution is 2.13. The molecule has 1 rings (SSSR count). The average molecular weight is 184 g/mol. The first-order valence-electron chi connectivity index (χ1n) is 3.60. The summed E-state index contributed by atoms with van der Waals surface area (Å²) in [7, 11) is 0. The van der Waals surface area contributed by atoms with Gasteiger partial charge in [0.15, 0.2) is 5.78 Å². The lowest BCUT2D eigenvalue weighted by atomic mass is 10.1. The number of rotatable bonds is 2. The summed E-state index contributed by atoms with van der Waals surface area (Å²) < 4.78 is 0. The highest BCUT2D eigenvalue weighted by Gasteiger charge is 2.06. The van der Waals surface area contributed by atoms with E-state index in [-0.39, 0.29) is 11.7 Å². The molecule has 0 aliphatic carbocycles. The van der Waals surface area contributed by atoms with Crippen LogP contribution in [0.4, 0.5) is 5.69 Å². The van der Waals surface area contributed by atoms with Crippen LogP contribution in [0.15, 0.2) is 18.2 Å². The van der Waals surface area contributed by atoms with E-state index in [1.165, 1.54) is 0 Å². The lowest BCUT2D eigenvalue weighted by molar-refractivity contribution is 0.102. The number of hydrogen-bond donors (Lipinski definition) is 1. The van der Waals surface area contributed by atoms with Crippen LogP contribution in [-0.2, 0) is 0 Å². The van der Waals surface area contributed by atoms with E-state index in [4.69, 9.17) is 17.3 Å². The lowest BCUT2D eigenvalue weighted by Crippen LogP contribution is -2.03. The zero-order valence-corrected chi connectivity index (χ0v) is 7.56. The van der Waals surface area contributed by atoms with Gasteiger partial charge in [0.25, 0.3) is 0 Å². The summed E-state index contributed by atoms with van der Waals surface area (Å²) >= 11 is 5.42. The first-order valence-corrected chi connectivity index (χ1v) is 4.14. The molecular formula is C9H10ClNO. The van der Waals surface area contributed by atoms with Crippen molar-refractivity contribution in [2.45, 2.75) is 6.92 Å². The highest BCUT2D eigenvalue weighted by atomic mass is 35.5. The van der Waals surface area contributed by atoms with E-state index in [1.807, 2.05) is 13.0 Å². The first kappa shape index (κ1) is 9.07. The Morgan fingerprint density at radius 1 is 1.58 bits per heavy atom. The molecule has 0 aliphatic heterocycles. The molecule has 0 fully saturated rings. The fourth-order valence-corrected chi connectivity index (χ4v) is 1.16. The van der Waals surface area contributed by atoms with Gasteiger partial charge in [-0.25, -0.2) is 0 Å². The molecule has 1 aromatic rings. The molecule has 3 heteroatoms. The quantitative estimate of drug-likeness (QED) is 0.433. The molecule has 0 saturated carbocycles. The Bertz CT molecular complexity index is 309. The number of benzene rings is 1. The van der Waals surface area contributed by atoms with Crippen LogP contribution in [0.3, 0.4) is 0 Å². The smallest absolute Gasteiger partial charge is 0.177 e. The summed E-state index contributed by atoms with van der Waals surface area (Å²) in [5.41, 5.74) is 7.64. The number of ketones is 1. The minimum atomic E-state index is -0.0820. The van der Waals surface area contributed by atoms with Gasteiger partial charge in [0.2, 0.25) is 0 Å². The van der Waals surface area contributed by atoms with Crippen LogP contribution in [0.25, 0.3) is 0 Å². The molecule has 0 aromatic heterocycles. The molecule has 0 radical (unpaired) electrons. The number of nitrogens with two attached hydrogens (primary N) is 1. The van der Waals surface area contributed by atoms with E-state index in [2.05, 4.69) is 0 Å². The van der Waals surface area contributed by atoms with Crippen LogP contribution in [0, 0.1) is 6.92 Å². The van der Waals surface area contributed by atoms with E-state index in [1.54, 1.807) is 12.1 Å². The summed E-state index contributed by atoms with van der Waals surface area (Å²) in [6.07, 6.45) is 0. The molecule has 0 bridgehead atoms. The van der Waals surface area contributed by atoms with Gasteiger partial charge < -0.3 is 5.73 Å². The van der Waals surface area contributed by atoms with Gasteiger partial charge in [-0.1, -0.05) is 6.07 Å². The maximum absolute atomic E-state index is 11.2. The van der Waals surface area contributed by atoms with Gasteiger partial charge in [-0.15, -0.1) is 11.6 Å². The van der Waals surface area contributed by atoms with E-state index < -0.39 is 0 Å². The molecule has 0 unspecified atom stereocenters. The van der Waals surface area contributed by atoms with E-state index in [9.17, 15) is 4.79 Å². The molecular weight excluding hydrogens is 174 g/mol. The van der Waals surface area contributed by atoms with E-state index >= 15 is 0 Å². The van der Waals surface area contributed by atoms with Crippen molar-refractivity contribution < 1.29 is 4.79 Å². The first-order chi connectivity index (χ1) is 5.65. The van der Waals surface area contributed by atoms with Crippen molar-refractivity contribution in [3.05, 3.63) is 29.3 Å². The third-order valence-corrected chi connectivity index (χ3v) is 1.93. The van der Waals surface area contributed by atoms with Gasteiger partial charge >= 0.3 is 0 Å². The van der Waals surface area contributed by atoms with Gasteiger partial charge in [0.05, 0.1) is 5.88 Å². The van der Waals surface area contributed by atoms with Gasteiger partial charge in [0, 0.05) is 11.3 Å². The van der Waals surface area contributed by atoms with Crippen molar-refractivity contribution in [3.63, 3.8) is 0 Å². The lowest BCUT2D eigenvalue weighted by Gasteiger charge is -2.02. The Hall–Kier alpha value is -1.02. The largest absolute Gasteiger partial charge is 0.399 e. The Morgan fingerprint density at radius 2 is 2.25 bits per heavy atom. The minimum Gasteiger partial charge on any atom is -0.399 e.